The Kier molecular flexibility index (Phi) is 7.93. The first-order valence-corrected chi connectivity index (χ1v) is 13.5. The number of carbonyl (C=O) groups excluding carboxylic acids is 1. The van der Waals surface area contributed by atoms with Crippen molar-refractivity contribution in [2.24, 2.45) is 4.99 Å². The minimum atomic E-state index is -0.744. The fraction of sp³-hybridized carbons (Fsp3) is 0.194. The third kappa shape index (κ3) is 5.33. The average Bonchev–Trinajstić information content (AvgIpc) is 3.30. The summed E-state index contributed by atoms with van der Waals surface area (Å²) in [5.74, 6) is 1.78. The molecule has 0 radical (unpaired) electrons. The van der Waals surface area contributed by atoms with Crippen LogP contribution in [0.25, 0.3) is 6.08 Å². The lowest BCUT2D eigenvalue weighted by Crippen LogP contribution is -2.40. The normalized spacial score (nSPS) is 14.7. The van der Waals surface area contributed by atoms with E-state index in [1.165, 1.54) is 25.6 Å². The zero-order valence-electron chi connectivity index (χ0n) is 23.3. The van der Waals surface area contributed by atoms with Gasteiger partial charge in [-0.15, -0.1) is 0 Å². The second-order valence-corrected chi connectivity index (χ2v) is 10.1. The first-order chi connectivity index (χ1) is 19.9. The maximum atomic E-state index is 14.1. The highest BCUT2D eigenvalue weighted by atomic mass is 32.1. The van der Waals surface area contributed by atoms with Crippen molar-refractivity contribution in [3.05, 3.63) is 109 Å². The molecule has 2 heterocycles. The molecular formula is C31H29N3O6S. The van der Waals surface area contributed by atoms with Crippen LogP contribution < -0.4 is 39.2 Å². The Morgan fingerprint density at radius 2 is 1.59 bits per heavy atom. The van der Waals surface area contributed by atoms with Gasteiger partial charge in [0.1, 0.15) is 23.0 Å². The lowest BCUT2D eigenvalue weighted by atomic mass is 9.95. The molecule has 1 aromatic heterocycles. The molecule has 1 amide bonds. The minimum Gasteiger partial charge on any atom is -0.497 e. The first kappa shape index (κ1) is 27.7. The van der Waals surface area contributed by atoms with E-state index >= 15 is 0 Å². The summed E-state index contributed by atoms with van der Waals surface area (Å²) in [7, 11) is 6.20. The van der Waals surface area contributed by atoms with Gasteiger partial charge in [0.2, 0.25) is 0 Å². The molecule has 1 N–H and O–H groups in total. The maximum absolute atomic E-state index is 14.1. The summed E-state index contributed by atoms with van der Waals surface area (Å²) in [6, 6.07) is 19.2. The van der Waals surface area contributed by atoms with E-state index in [2.05, 4.69) is 5.32 Å². The van der Waals surface area contributed by atoms with Crippen LogP contribution >= 0.6 is 11.3 Å². The standard InChI is InChI=1S/C31H29N3O6S/c1-18-27(29(35)33-20-11-7-6-8-12-20)28(19-10-9-13-21(14-19)37-2)34-30(36)26(41-31(34)32-18)17-23-24(39-4)15-22(38-3)16-25(23)40-5/h6-17,28H,1-5H3,(H,33,35)/t28-/m1/s1. The van der Waals surface area contributed by atoms with Crippen molar-refractivity contribution in [2.45, 2.75) is 13.0 Å². The molecule has 4 aromatic rings. The van der Waals surface area contributed by atoms with Crippen LogP contribution in [-0.4, -0.2) is 38.9 Å². The molecule has 0 saturated heterocycles. The van der Waals surface area contributed by atoms with Gasteiger partial charge in [0.25, 0.3) is 11.5 Å². The number of rotatable bonds is 8. The zero-order valence-corrected chi connectivity index (χ0v) is 24.1. The van der Waals surface area contributed by atoms with Gasteiger partial charge >= 0.3 is 0 Å². The number of ether oxygens (including phenoxy) is 4. The molecule has 0 bridgehead atoms. The molecule has 210 valence electrons. The molecule has 10 heteroatoms. The second kappa shape index (κ2) is 11.7. The number of benzene rings is 3. The van der Waals surface area contributed by atoms with E-state index in [1.54, 1.807) is 56.1 Å². The molecule has 0 unspecified atom stereocenters. The number of fused-ring (bicyclic) bond motifs is 1. The summed E-state index contributed by atoms with van der Waals surface area (Å²) in [6.45, 7) is 1.78. The van der Waals surface area contributed by atoms with Crippen LogP contribution in [-0.2, 0) is 4.79 Å². The van der Waals surface area contributed by atoms with Crippen LogP contribution in [0.15, 0.2) is 87.8 Å². The van der Waals surface area contributed by atoms with E-state index in [1.807, 2.05) is 42.5 Å². The number of allylic oxidation sites excluding steroid dienone is 1. The number of amides is 1. The molecule has 0 spiro atoms. The van der Waals surface area contributed by atoms with Crippen LogP contribution in [0.4, 0.5) is 5.69 Å². The predicted molar refractivity (Wildman–Crippen MR) is 158 cm³/mol. The van der Waals surface area contributed by atoms with Crippen molar-refractivity contribution < 1.29 is 23.7 Å². The van der Waals surface area contributed by atoms with Gasteiger partial charge in [0.05, 0.1) is 55.8 Å². The van der Waals surface area contributed by atoms with E-state index in [-0.39, 0.29) is 11.5 Å². The van der Waals surface area contributed by atoms with E-state index in [4.69, 9.17) is 23.9 Å². The predicted octanol–water partition coefficient (Wildman–Crippen LogP) is 3.91. The number of methoxy groups -OCH3 is 4. The largest absolute Gasteiger partial charge is 0.497 e. The number of hydrogen-bond donors (Lipinski definition) is 1. The summed E-state index contributed by atoms with van der Waals surface area (Å²) >= 11 is 1.22. The Labute approximate surface area is 240 Å². The molecule has 0 aliphatic carbocycles. The number of anilines is 1. The van der Waals surface area contributed by atoms with Gasteiger partial charge in [0, 0.05) is 17.8 Å². The molecule has 9 nitrogen and oxygen atoms in total. The molecule has 1 aliphatic heterocycles. The van der Waals surface area contributed by atoms with Crippen molar-refractivity contribution in [3.63, 3.8) is 0 Å². The fourth-order valence-electron chi connectivity index (χ4n) is 4.76. The average molecular weight is 572 g/mol. The summed E-state index contributed by atoms with van der Waals surface area (Å²) in [4.78, 5) is 33.0. The molecule has 0 fully saturated rings. The van der Waals surface area contributed by atoms with Gasteiger partial charge in [-0.1, -0.05) is 41.7 Å². The Morgan fingerprint density at radius 3 is 2.22 bits per heavy atom. The third-order valence-corrected chi connectivity index (χ3v) is 7.72. The number of nitrogens with one attached hydrogen (secondary N) is 1. The van der Waals surface area contributed by atoms with Crippen molar-refractivity contribution in [1.29, 1.82) is 0 Å². The summed E-state index contributed by atoms with van der Waals surface area (Å²) in [5.41, 5.74) is 2.50. The van der Waals surface area contributed by atoms with Gasteiger partial charge < -0.3 is 24.3 Å². The van der Waals surface area contributed by atoms with Crippen molar-refractivity contribution >= 4 is 29.0 Å². The van der Waals surface area contributed by atoms with E-state index in [9.17, 15) is 9.59 Å². The van der Waals surface area contributed by atoms with Gasteiger partial charge in [-0.05, 0) is 42.8 Å². The molecule has 5 rings (SSSR count). The highest BCUT2D eigenvalue weighted by molar-refractivity contribution is 7.07. The first-order valence-electron chi connectivity index (χ1n) is 12.7. The molecule has 41 heavy (non-hydrogen) atoms. The Bertz CT molecular complexity index is 1800. The van der Waals surface area contributed by atoms with E-state index in [0.29, 0.717) is 60.4 Å². The monoisotopic (exact) mass is 571 g/mol. The maximum Gasteiger partial charge on any atom is 0.271 e. The number of aromatic nitrogens is 1. The lowest BCUT2D eigenvalue weighted by molar-refractivity contribution is -0.113. The second-order valence-electron chi connectivity index (χ2n) is 9.12. The lowest BCUT2D eigenvalue weighted by Gasteiger charge is -2.25. The summed E-state index contributed by atoms with van der Waals surface area (Å²) in [6.07, 6.45) is 1.71. The highest BCUT2D eigenvalue weighted by Crippen LogP contribution is 2.35. The highest BCUT2D eigenvalue weighted by Gasteiger charge is 2.33. The Morgan fingerprint density at radius 1 is 0.902 bits per heavy atom. The number of thiazole rings is 1. The third-order valence-electron chi connectivity index (χ3n) is 6.74. The Balaban J connectivity index is 1.72. The van der Waals surface area contributed by atoms with Crippen molar-refractivity contribution in [2.75, 3.05) is 33.8 Å². The summed E-state index contributed by atoms with van der Waals surface area (Å²) in [5, 5.41) is 2.96. The SMILES string of the molecule is COc1cccc([C@@H]2C(C(=O)Nc3ccccc3)=C(C)N=c3sc(=Cc4c(OC)cc(OC)cc4OC)c(=O)n32)c1. The number of carbonyl (C=O) groups is 1. The number of nitrogens with zero attached hydrogens (tertiary/aromatic N) is 2. The van der Waals surface area contributed by atoms with Gasteiger partial charge in [-0.3, -0.25) is 14.2 Å². The molecule has 0 saturated carbocycles. The quantitative estimate of drug-likeness (QED) is 0.344. The van der Waals surface area contributed by atoms with E-state index < -0.39 is 6.04 Å². The molecule has 1 aliphatic rings. The minimum absolute atomic E-state index is 0.306. The van der Waals surface area contributed by atoms with Gasteiger partial charge in [0.15, 0.2) is 4.80 Å². The van der Waals surface area contributed by atoms with Crippen molar-refractivity contribution in [1.82, 2.24) is 4.57 Å². The molecular weight excluding hydrogens is 542 g/mol. The van der Waals surface area contributed by atoms with Crippen LogP contribution in [0.1, 0.15) is 24.1 Å². The molecule has 3 aromatic carbocycles. The van der Waals surface area contributed by atoms with Gasteiger partial charge in [-0.25, -0.2) is 4.99 Å². The fourth-order valence-corrected chi connectivity index (χ4v) is 5.79. The smallest absolute Gasteiger partial charge is 0.271 e. The van der Waals surface area contributed by atoms with Crippen LogP contribution in [0.3, 0.4) is 0 Å². The van der Waals surface area contributed by atoms with Crippen LogP contribution in [0.5, 0.6) is 23.0 Å². The number of hydrogen-bond acceptors (Lipinski definition) is 8. The van der Waals surface area contributed by atoms with E-state index in [0.717, 1.165) is 0 Å². The van der Waals surface area contributed by atoms with Crippen LogP contribution in [0, 0.1) is 0 Å². The van der Waals surface area contributed by atoms with Gasteiger partial charge in [-0.2, -0.15) is 0 Å². The number of para-hydroxylation sites is 1. The Hall–Kier alpha value is -4.83. The zero-order chi connectivity index (χ0) is 29.1. The molecule has 1 atom stereocenters. The topological polar surface area (TPSA) is 100 Å². The van der Waals surface area contributed by atoms with Crippen LogP contribution in [0.2, 0.25) is 0 Å². The van der Waals surface area contributed by atoms with Crippen molar-refractivity contribution in [3.8, 4) is 23.0 Å². The summed E-state index contributed by atoms with van der Waals surface area (Å²) < 4.78 is 24.0.